The van der Waals surface area contributed by atoms with Gasteiger partial charge in [0.1, 0.15) is 0 Å². The molecule has 1 aliphatic carbocycles. The maximum absolute atomic E-state index is 11.5. The van der Waals surface area contributed by atoms with Gasteiger partial charge in [-0.25, -0.2) is 4.79 Å². The highest BCUT2D eigenvalue weighted by Gasteiger charge is 2.42. The molecular weight excluding hydrogens is 232 g/mol. The lowest BCUT2D eigenvalue weighted by Gasteiger charge is -2.44. The minimum Gasteiger partial charge on any atom is -0.478 e. The molecule has 0 aromatic carbocycles. The first-order chi connectivity index (χ1) is 8.41. The minimum absolute atomic E-state index is 0.247. The van der Waals surface area contributed by atoms with E-state index >= 15 is 0 Å². The third-order valence-corrected chi connectivity index (χ3v) is 3.73. The summed E-state index contributed by atoms with van der Waals surface area (Å²) < 4.78 is 0. The number of carboxylic acids is 1. The van der Waals surface area contributed by atoms with Crippen molar-refractivity contribution in [1.29, 1.82) is 5.41 Å². The number of hydrogen-bond donors (Lipinski definition) is 4. The largest absolute Gasteiger partial charge is 0.478 e. The predicted octanol–water partition coefficient (Wildman–Crippen LogP) is 0.925. The van der Waals surface area contributed by atoms with Crippen LogP contribution in [0.5, 0.6) is 0 Å². The van der Waals surface area contributed by atoms with Crippen molar-refractivity contribution in [3.05, 3.63) is 0 Å². The Morgan fingerprint density at radius 3 is 2.44 bits per heavy atom. The van der Waals surface area contributed by atoms with E-state index in [4.69, 9.17) is 11.1 Å². The van der Waals surface area contributed by atoms with Crippen molar-refractivity contribution in [2.24, 2.45) is 5.73 Å². The van der Waals surface area contributed by atoms with Gasteiger partial charge in [0, 0.05) is 6.04 Å². The fourth-order valence-corrected chi connectivity index (χ4v) is 2.84. The molecule has 0 bridgehead atoms. The van der Waals surface area contributed by atoms with Crippen molar-refractivity contribution in [1.82, 2.24) is 10.2 Å². The second-order valence-corrected chi connectivity index (χ2v) is 4.99. The summed E-state index contributed by atoms with van der Waals surface area (Å²) in [6, 6.07) is 0.247. The molecule has 104 valence electrons. The molecule has 6 nitrogen and oxygen atoms in total. The molecule has 0 unspecified atom stereocenters. The summed E-state index contributed by atoms with van der Waals surface area (Å²) >= 11 is 0. The van der Waals surface area contributed by atoms with Crippen molar-refractivity contribution in [2.75, 3.05) is 6.54 Å². The standard InChI is InChI=1S/C12H24N4O2/c1-3-16(9-7-5-4-6-8-9)12(2,10(17)18)15-11(13)14/h9H,3-8H2,1-2H3,(H,17,18)(H4,13,14,15)/t12-/m0/s1. The number of carboxylic acid groups (broad SMARTS) is 1. The maximum Gasteiger partial charge on any atom is 0.344 e. The first-order valence-corrected chi connectivity index (χ1v) is 6.54. The predicted molar refractivity (Wildman–Crippen MR) is 70.3 cm³/mol. The minimum atomic E-state index is -1.30. The summed E-state index contributed by atoms with van der Waals surface area (Å²) in [6.07, 6.45) is 5.51. The molecule has 6 heteroatoms. The molecule has 0 aromatic rings. The lowest BCUT2D eigenvalue weighted by Crippen LogP contribution is -2.67. The highest BCUT2D eigenvalue weighted by atomic mass is 16.4. The Morgan fingerprint density at radius 1 is 1.50 bits per heavy atom. The van der Waals surface area contributed by atoms with E-state index < -0.39 is 11.6 Å². The number of likely N-dealkylation sites (N-methyl/N-ethyl adjacent to an activating group) is 1. The summed E-state index contributed by atoms with van der Waals surface area (Å²) in [6.45, 7) is 4.14. The van der Waals surface area contributed by atoms with Gasteiger partial charge in [-0.05, 0) is 26.3 Å². The average Bonchev–Trinajstić information content (AvgIpc) is 2.30. The summed E-state index contributed by atoms with van der Waals surface area (Å²) in [5.41, 5.74) is 4.02. The smallest absolute Gasteiger partial charge is 0.344 e. The Bertz CT molecular complexity index is 315. The van der Waals surface area contributed by atoms with Gasteiger partial charge in [-0.2, -0.15) is 0 Å². The number of nitrogens with two attached hydrogens (primary N) is 1. The van der Waals surface area contributed by atoms with Gasteiger partial charge in [0.2, 0.25) is 0 Å². The van der Waals surface area contributed by atoms with E-state index in [9.17, 15) is 9.90 Å². The first kappa shape index (κ1) is 14.8. The molecular formula is C12H24N4O2. The third-order valence-electron chi connectivity index (χ3n) is 3.73. The van der Waals surface area contributed by atoms with Crippen molar-refractivity contribution in [2.45, 2.75) is 57.7 Å². The molecule has 18 heavy (non-hydrogen) atoms. The molecule has 1 atom stereocenters. The van der Waals surface area contributed by atoms with E-state index in [1.807, 2.05) is 11.8 Å². The molecule has 0 radical (unpaired) electrons. The van der Waals surface area contributed by atoms with E-state index in [1.54, 1.807) is 6.92 Å². The van der Waals surface area contributed by atoms with Gasteiger partial charge in [-0.15, -0.1) is 0 Å². The van der Waals surface area contributed by atoms with Crippen LogP contribution in [-0.2, 0) is 4.79 Å². The molecule has 0 aliphatic heterocycles. The van der Waals surface area contributed by atoms with Crippen LogP contribution in [0.4, 0.5) is 0 Å². The molecule has 5 N–H and O–H groups in total. The molecule has 0 spiro atoms. The van der Waals surface area contributed by atoms with E-state index in [2.05, 4.69) is 5.32 Å². The number of aliphatic carboxylic acids is 1. The van der Waals surface area contributed by atoms with E-state index in [1.165, 1.54) is 6.42 Å². The number of rotatable bonds is 5. The van der Waals surface area contributed by atoms with Gasteiger partial charge in [0.15, 0.2) is 11.6 Å². The Morgan fingerprint density at radius 2 is 2.06 bits per heavy atom. The highest BCUT2D eigenvalue weighted by Crippen LogP contribution is 2.27. The van der Waals surface area contributed by atoms with Gasteiger partial charge < -0.3 is 16.2 Å². The number of nitrogens with zero attached hydrogens (tertiary/aromatic N) is 1. The monoisotopic (exact) mass is 256 g/mol. The van der Waals surface area contributed by atoms with Crippen LogP contribution in [0, 0.1) is 5.41 Å². The molecule has 0 aromatic heterocycles. The molecule has 1 saturated carbocycles. The SMILES string of the molecule is CCN(C1CCCCC1)[C@](C)(NC(=N)N)C(=O)O. The Balaban J connectivity index is 2.92. The van der Waals surface area contributed by atoms with Crippen LogP contribution in [0.15, 0.2) is 0 Å². The maximum atomic E-state index is 11.5. The Hall–Kier alpha value is -1.30. The second kappa shape index (κ2) is 6.04. The summed E-state index contributed by atoms with van der Waals surface area (Å²) in [4.78, 5) is 13.5. The molecule has 0 amide bonds. The lowest BCUT2D eigenvalue weighted by molar-refractivity contribution is -0.154. The molecule has 0 heterocycles. The zero-order valence-electron chi connectivity index (χ0n) is 11.2. The van der Waals surface area contributed by atoms with Crippen LogP contribution in [0.3, 0.4) is 0 Å². The molecule has 1 rings (SSSR count). The van der Waals surface area contributed by atoms with Crippen LogP contribution in [0.1, 0.15) is 46.0 Å². The van der Waals surface area contributed by atoms with Crippen LogP contribution in [0.2, 0.25) is 0 Å². The number of hydrogen-bond acceptors (Lipinski definition) is 3. The summed E-state index contributed by atoms with van der Waals surface area (Å²) in [5.74, 6) is -1.31. The van der Waals surface area contributed by atoms with E-state index in [-0.39, 0.29) is 12.0 Å². The Labute approximate surface area is 108 Å². The van der Waals surface area contributed by atoms with Gasteiger partial charge in [-0.3, -0.25) is 10.3 Å². The lowest BCUT2D eigenvalue weighted by atomic mass is 9.92. The number of carbonyl (C=O) groups is 1. The van der Waals surface area contributed by atoms with Gasteiger partial charge in [-0.1, -0.05) is 26.2 Å². The fourth-order valence-electron chi connectivity index (χ4n) is 2.84. The highest BCUT2D eigenvalue weighted by molar-refractivity contribution is 5.85. The van der Waals surface area contributed by atoms with Crippen molar-refractivity contribution in [3.8, 4) is 0 Å². The third kappa shape index (κ3) is 3.13. The van der Waals surface area contributed by atoms with Crippen molar-refractivity contribution in [3.63, 3.8) is 0 Å². The summed E-state index contributed by atoms with van der Waals surface area (Å²) in [5, 5.41) is 19.4. The van der Waals surface area contributed by atoms with Crippen LogP contribution in [-0.4, -0.2) is 40.2 Å². The molecule has 1 fully saturated rings. The normalized spacial score (nSPS) is 20.4. The fraction of sp³-hybridized carbons (Fsp3) is 0.833. The van der Waals surface area contributed by atoms with Crippen molar-refractivity contribution >= 4 is 11.9 Å². The average molecular weight is 256 g/mol. The van der Waals surface area contributed by atoms with E-state index in [0.717, 1.165) is 25.7 Å². The van der Waals surface area contributed by atoms with E-state index in [0.29, 0.717) is 6.54 Å². The number of guanidine groups is 1. The van der Waals surface area contributed by atoms with Crippen LogP contribution < -0.4 is 11.1 Å². The van der Waals surface area contributed by atoms with Gasteiger partial charge in [0.05, 0.1) is 0 Å². The zero-order chi connectivity index (χ0) is 13.8. The van der Waals surface area contributed by atoms with Gasteiger partial charge in [0.25, 0.3) is 0 Å². The Kier molecular flexibility index (Phi) is 4.95. The van der Waals surface area contributed by atoms with Crippen LogP contribution >= 0.6 is 0 Å². The quantitative estimate of drug-likeness (QED) is 0.333. The topological polar surface area (TPSA) is 102 Å². The number of nitrogens with one attached hydrogen (secondary N) is 2. The van der Waals surface area contributed by atoms with Crippen molar-refractivity contribution < 1.29 is 9.90 Å². The second-order valence-electron chi connectivity index (χ2n) is 4.99. The summed E-state index contributed by atoms with van der Waals surface area (Å²) in [7, 11) is 0. The first-order valence-electron chi connectivity index (χ1n) is 6.54. The molecule has 1 aliphatic rings. The van der Waals surface area contributed by atoms with Gasteiger partial charge >= 0.3 is 5.97 Å². The zero-order valence-corrected chi connectivity index (χ0v) is 11.2. The van der Waals surface area contributed by atoms with Crippen LogP contribution in [0.25, 0.3) is 0 Å². The molecule has 0 saturated heterocycles.